The Bertz CT molecular complexity index is 423. The lowest BCUT2D eigenvalue weighted by atomic mass is 10.1. The van der Waals surface area contributed by atoms with E-state index in [4.69, 9.17) is 0 Å². The molecule has 1 unspecified atom stereocenters. The highest BCUT2D eigenvalue weighted by Gasteiger charge is 2.16. The van der Waals surface area contributed by atoms with E-state index in [1.807, 2.05) is 18.9 Å². The summed E-state index contributed by atoms with van der Waals surface area (Å²) in [6.07, 6.45) is 0.388. The van der Waals surface area contributed by atoms with Crippen molar-refractivity contribution in [3.63, 3.8) is 0 Å². The summed E-state index contributed by atoms with van der Waals surface area (Å²) in [6.45, 7) is 2.47. The number of rotatable bonds is 5. The average molecular weight is 254 g/mol. The highest BCUT2D eigenvalue weighted by atomic mass is 19.1. The molecule has 0 aliphatic heterocycles. The van der Waals surface area contributed by atoms with Gasteiger partial charge >= 0.3 is 0 Å². The van der Waals surface area contributed by atoms with Crippen molar-refractivity contribution in [2.24, 2.45) is 0 Å². The molecule has 1 atom stereocenters. The normalized spacial score (nSPS) is 12.5. The number of carbonyl (C=O) groups is 1. The zero-order valence-corrected chi connectivity index (χ0v) is 10.9. The monoisotopic (exact) mass is 254 g/mol. The summed E-state index contributed by atoms with van der Waals surface area (Å²) in [5.74, 6) is -0.553. The number of amides is 1. The molecule has 4 nitrogen and oxygen atoms in total. The van der Waals surface area contributed by atoms with Gasteiger partial charge in [-0.05, 0) is 20.0 Å². The predicted octanol–water partition coefficient (Wildman–Crippen LogP) is 1.66. The van der Waals surface area contributed by atoms with Crippen molar-refractivity contribution in [2.75, 3.05) is 20.6 Å². The second-order valence-corrected chi connectivity index (χ2v) is 4.28. The fraction of sp³-hybridized carbons (Fsp3) is 0.462. The Morgan fingerprint density at radius 3 is 2.78 bits per heavy atom. The van der Waals surface area contributed by atoms with E-state index in [1.54, 1.807) is 13.1 Å². The van der Waals surface area contributed by atoms with Gasteiger partial charge in [0.1, 0.15) is 11.6 Å². The number of carbonyl (C=O) groups excluding carboxylic acids is 1. The molecule has 0 spiro atoms. The van der Waals surface area contributed by atoms with Gasteiger partial charge in [-0.3, -0.25) is 9.69 Å². The van der Waals surface area contributed by atoms with E-state index >= 15 is 0 Å². The van der Waals surface area contributed by atoms with Crippen molar-refractivity contribution in [3.8, 4) is 5.75 Å². The van der Waals surface area contributed by atoms with Gasteiger partial charge in [-0.15, -0.1) is 0 Å². The minimum Gasteiger partial charge on any atom is -0.508 e. The van der Waals surface area contributed by atoms with Crippen LogP contribution in [0.25, 0.3) is 0 Å². The van der Waals surface area contributed by atoms with Crippen molar-refractivity contribution >= 4 is 5.91 Å². The second kappa shape index (κ2) is 6.35. The van der Waals surface area contributed by atoms with E-state index in [1.165, 1.54) is 6.07 Å². The first kappa shape index (κ1) is 14.4. The fourth-order valence-corrected chi connectivity index (χ4v) is 1.70. The van der Waals surface area contributed by atoms with Crippen molar-refractivity contribution < 1.29 is 14.3 Å². The van der Waals surface area contributed by atoms with Crippen LogP contribution in [-0.2, 0) is 4.79 Å². The molecule has 1 amide bonds. The SMILES string of the molecule is CNC(=O)CCN(C)C(C)c1ccc(F)cc1O. The molecule has 18 heavy (non-hydrogen) atoms. The van der Waals surface area contributed by atoms with Crippen LogP contribution in [0.15, 0.2) is 18.2 Å². The molecule has 0 aliphatic carbocycles. The maximum atomic E-state index is 12.9. The first-order valence-electron chi connectivity index (χ1n) is 5.85. The van der Waals surface area contributed by atoms with Gasteiger partial charge in [-0.1, -0.05) is 6.07 Å². The van der Waals surface area contributed by atoms with E-state index in [2.05, 4.69) is 5.32 Å². The molecule has 0 saturated heterocycles. The third-order valence-corrected chi connectivity index (χ3v) is 3.07. The minimum atomic E-state index is -0.462. The van der Waals surface area contributed by atoms with Crippen LogP contribution in [0, 0.1) is 5.82 Å². The lowest BCUT2D eigenvalue weighted by Gasteiger charge is -2.25. The third-order valence-electron chi connectivity index (χ3n) is 3.07. The number of hydrogen-bond donors (Lipinski definition) is 2. The van der Waals surface area contributed by atoms with E-state index < -0.39 is 5.82 Å². The first-order chi connectivity index (χ1) is 8.45. The van der Waals surface area contributed by atoms with E-state index in [9.17, 15) is 14.3 Å². The number of benzene rings is 1. The van der Waals surface area contributed by atoms with Crippen molar-refractivity contribution in [1.82, 2.24) is 10.2 Å². The molecular formula is C13H19FN2O2. The maximum absolute atomic E-state index is 12.9. The molecule has 1 aromatic rings. The molecular weight excluding hydrogens is 235 g/mol. The number of nitrogens with one attached hydrogen (secondary N) is 1. The van der Waals surface area contributed by atoms with E-state index in [-0.39, 0.29) is 17.7 Å². The highest BCUT2D eigenvalue weighted by Crippen LogP contribution is 2.28. The summed E-state index contributed by atoms with van der Waals surface area (Å²) >= 11 is 0. The highest BCUT2D eigenvalue weighted by molar-refractivity contribution is 5.75. The summed E-state index contributed by atoms with van der Waals surface area (Å²) < 4.78 is 12.9. The van der Waals surface area contributed by atoms with Gasteiger partial charge in [-0.2, -0.15) is 0 Å². The molecule has 0 heterocycles. The van der Waals surface area contributed by atoms with Gasteiger partial charge in [-0.25, -0.2) is 4.39 Å². The lowest BCUT2D eigenvalue weighted by molar-refractivity contribution is -0.120. The Morgan fingerprint density at radius 2 is 2.22 bits per heavy atom. The van der Waals surface area contributed by atoms with Crippen LogP contribution in [0.4, 0.5) is 4.39 Å². The summed E-state index contributed by atoms with van der Waals surface area (Å²) in [7, 11) is 3.45. The average Bonchev–Trinajstić information content (AvgIpc) is 2.34. The molecule has 0 aliphatic rings. The molecule has 0 saturated carbocycles. The molecule has 2 N–H and O–H groups in total. The lowest BCUT2D eigenvalue weighted by Crippen LogP contribution is -2.28. The molecule has 0 bridgehead atoms. The summed E-state index contributed by atoms with van der Waals surface area (Å²) in [5.41, 5.74) is 0.649. The topological polar surface area (TPSA) is 52.6 Å². The van der Waals surface area contributed by atoms with Crippen molar-refractivity contribution in [1.29, 1.82) is 0 Å². The smallest absolute Gasteiger partial charge is 0.221 e. The summed E-state index contributed by atoms with van der Waals surface area (Å²) in [4.78, 5) is 13.1. The van der Waals surface area contributed by atoms with Crippen LogP contribution in [-0.4, -0.2) is 36.6 Å². The number of phenolic OH excluding ortho intramolecular Hbond substituents is 1. The molecule has 0 fully saturated rings. The van der Waals surface area contributed by atoms with Crippen LogP contribution in [0.1, 0.15) is 24.9 Å². The summed E-state index contributed by atoms with van der Waals surface area (Å²) in [5, 5.41) is 12.2. The Labute approximate surface area is 106 Å². The largest absolute Gasteiger partial charge is 0.508 e. The van der Waals surface area contributed by atoms with Crippen LogP contribution >= 0.6 is 0 Å². The minimum absolute atomic E-state index is 0.0302. The van der Waals surface area contributed by atoms with Crippen molar-refractivity contribution in [3.05, 3.63) is 29.6 Å². The zero-order valence-electron chi connectivity index (χ0n) is 10.9. The van der Waals surface area contributed by atoms with Crippen LogP contribution < -0.4 is 5.32 Å². The standard InChI is InChI=1S/C13H19FN2O2/c1-9(16(3)7-6-13(18)15-2)11-5-4-10(14)8-12(11)17/h4-5,8-9,17H,6-7H2,1-3H3,(H,15,18). The van der Waals surface area contributed by atoms with E-state index in [0.717, 1.165) is 6.07 Å². The Hall–Kier alpha value is -1.62. The molecule has 1 rings (SSSR count). The van der Waals surface area contributed by atoms with Gasteiger partial charge in [0.15, 0.2) is 0 Å². The molecule has 100 valence electrons. The Kier molecular flexibility index (Phi) is 5.09. The fourth-order valence-electron chi connectivity index (χ4n) is 1.70. The molecule has 1 aromatic carbocycles. The maximum Gasteiger partial charge on any atom is 0.221 e. The first-order valence-corrected chi connectivity index (χ1v) is 5.85. The Balaban J connectivity index is 2.68. The number of halogens is 1. The molecule has 5 heteroatoms. The molecule has 0 radical (unpaired) electrons. The third kappa shape index (κ3) is 3.70. The molecule has 0 aromatic heterocycles. The van der Waals surface area contributed by atoms with Gasteiger partial charge in [0.25, 0.3) is 0 Å². The van der Waals surface area contributed by atoms with Crippen LogP contribution in [0.3, 0.4) is 0 Å². The van der Waals surface area contributed by atoms with Crippen molar-refractivity contribution in [2.45, 2.75) is 19.4 Å². The van der Waals surface area contributed by atoms with Gasteiger partial charge < -0.3 is 10.4 Å². The number of nitrogens with zero attached hydrogens (tertiary/aromatic N) is 1. The van der Waals surface area contributed by atoms with E-state index in [0.29, 0.717) is 18.5 Å². The number of aromatic hydroxyl groups is 1. The van der Waals surface area contributed by atoms with Crippen LogP contribution in [0.2, 0.25) is 0 Å². The van der Waals surface area contributed by atoms with Gasteiger partial charge in [0.05, 0.1) is 0 Å². The zero-order chi connectivity index (χ0) is 13.7. The Morgan fingerprint density at radius 1 is 1.56 bits per heavy atom. The second-order valence-electron chi connectivity index (χ2n) is 4.28. The van der Waals surface area contributed by atoms with Gasteiger partial charge in [0, 0.05) is 37.7 Å². The number of phenols is 1. The summed E-state index contributed by atoms with van der Waals surface area (Å²) in [6, 6.07) is 3.89. The number of hydrogen-bond acceptors (Lipinski definition) is 3. The van der Waals surface area contributed by atoms with Gasteiger partial charge in [0.2, 0.25) is 5.91 Å². The quantitative estimate of drug-likeness (QED) is 0.840. The van der Waals surface area contributed by atoms with Crippen LogP contribution in [0.5, 0.6) is 5.75 Å². The predicted molar refractivity (Wildman–Crippen MR) is 67.8 cm³/mol.